The summed E-state index contributed by atoms with van der Waals surface area (Å²) in [7, 11) is 1.54. The number of amides is 1. The van der Waals surface area contributed by atoms with Crippen molar-refractivity contribution in [1.29, 1.82) is 0 Å². The summed E-state index contributed by atoms with van der Waals surface area (Å²) in [6.07, 6.45) is 0. The smallest absolute Gasteiger partial charge is 0.275 e. The normalized spacial score (nSPS) is 11.2. The quantitative estimate of drug-likeness (QED) is 0.693. The van der Waals surface area contributed by atoms with Crippen LogP contribution in [0.5, 0.6) is 5.75 Å². The Kier molecular flexibility index (Phi) is 4.53. The first-order chi connectivity index (χ1) is 9.61. The molecule has 1 heterocycles. The van der Waals surface area contributed by atoms with Crippen molar-refractivity contribution >= 4 is 23.0 Å². The number of carbonyl (C=O) groups is 1. The van der Waals surface area contributed by atoms with Gasteiger partial charge in [0, 0.05) is 4.88 Å². The molecule has 0 saturated carbocycles. The number of hydrogen-bond donors (Lipinski definition) is 1. The summed E-state index contributed by atoms with van der Waals surface area (Å²) in [5.74, 6) is 0.250. The maximum Gasteiger partial charge on any atom is 0.275 e. The van der Waals surface area contributed by atoms with Gasteiger partial charge in [0.25, 0.3) is 5.91 Å². The molecule has 0 atom stereocenters. The lowest BCUT2D eigenvalue weighted by Crippen LogP contribution is -2.19. The second kappa shape index (κ2) is 6.34. The van der Waals surface area contributed by atoms with Crippen LogP contribution < -0.4 is 10.2 Å². The Hall–Kier alpha value is -2.14. The molecule has 0 saturated heterocycles. The van der Waals surface area contributed by atoms with E-state index in [9.17, 15) is 4.79 Å². The van der Waals surface area contributed by atoms with Crippen LogP contribution in [0.2, 0.25) is 0 Å². The van der Waals surface area contributed by atoms with Crippen LogP contribution in [0, 0.1) is 6.92 Å². The van der Waals surface area contributed by atoms with E-state index in [1.54, 1.807) is 29.5 Å². The van der Waals surface area contributed by atoms with Crippen LogP contribution in [0.1, 0.15) is 27.0 Å². The van der Waals surface area contributed by atoms with Crippen LogP contribution in [0.15, 0.2) is 41.5 Å². The molecule has 0 aliphatic carbocycles. The molecule has 2 rings (SSSR count). The van der Waals surface area contributed by atoms with Crippen molar-refractivity contribution in [3.63, 3.8) is 0 Å². The number of hydrazone groups is 1. The van der Waals surface area contributed by atoms with Crippen LogP contribution in [0.3, 0.4) is 0 Å². The average molecular weight is 288 g/mol. The first-order valence-corrected chi connectivity index (χ1v) is 6.98. The molecule has 0 aliphatic heterocycles. The minimum Gasteiger partial charge on any atom is -0.496 e. The van der Waals surface area contributed by atoms with Gasteiger partial charge in [0.15, 0.2) is 0 Å². The molecule has 20 heavy (non-hydrogen) atoms. The van der Waals surface area contributed by atoms with Crippen LogP contribution >= 0.6 is 11.3 Å². The molecule has 0 fully saturated rings. The molecule has 0 spiro atoms. The predicted octanol–water partition coefficient (Wildman–Crippen LogP) is 3.22. The van der Waals surface area contributed by atoms with Crippen molar-refractivity contribution in [3.05, 3.63) is 51.7 Å². The standard InChI is InChI=1S/C15H16N2O2S/c1-10-8-9-14(20-10)11(2)16-17-15(18)12-6-4-5-7-13(12)19-3/h4-9H,1-3H3,(H,17,18)/b16-11-. The van der Waals surface area contributed by atoms with E-state index >= 15 is 0 Å². The Balaban J connectivity index is 2.12. The van der Waals surface area contributed by atoms with Crippen LogP contribution in [-0.4, -0.2) is 18.7 Å². The number of para-hydroxylation sites is 1. The van der Waals surface area contributed by atoms with Gasteiger partial charge in [0.05, 0.1) is 23.3 Å². The molecule has 5 heteroatoms. The summed E-state index contributed by atoms with van der Waals surface area (Å²) < 4.78 is 5.15. The maximum atomic E-state index is 12.1. The highest BCUT2D eigenvalue weighted by Crippen LogP contribution is 2.18. The molecule has 4 nitrogen and oxygen atoms in total. The van der Waals surface area contributed by atoms with E-state index < -0.39 is 0 Å². The third-order valence-corrected chi connectivity index (χ3v) is 3.88. The zero-order valence-corrected chi connectivity index (χ0v) is 12.5. The third kappa shape index (κ3) is 3.24. The molecular formula is C15H16N2O2S. The highest BCUT2D eigenvalue weighted by molar-refractivity contribution is 7.14. The zero-order valence-electron chi connectivity index (χ0n) is 11.6. The SMILES string of the molecule is COc1ccccc1C(=O)N/N=C(/C)c1ccc(C)s1. The lowest BCUT2D eigenvalue weighted by molar-refractivity contribution is 0.0952. The fraction of sp³-hybridized carbons (Fsp3) is 0.200. The lowest BCUT2D eigenvalue weighted by atomic mass is 10.2. The molecule has 0 aliphatic rings. The molecule has 1 aromatic carbocycles. The van der Waals surface area contributed by atoms with Gasteiger partial charge in [-0.15, -0.1) is 11.3 Å². The molecule has 104 valence electrons. The highest BCUT2D eigenvalue weighted by Gasteiger charge is 2.10. The first kappa shape index (κ1) is 14.3. The van der Waals surface area contributed by atoms with E-state index in [-0.39, 0.29) is 5.91 Å². The number of ether oxygens (including phenoxy) is 1. The maximum absolute atomic E-state index is 12.1. The molecule has 2 aromatic rings. The minimum absolute atomic E-state index is 0.282. The first-order valence-electron chi connectivity index (χ1n) is 6.16. The Morgan fingerprint density at radius 3 is 2.65 bits per heavy atom. The number of thiophene rings is 1. The average Bonchev–Trinajstić information content (AvgIpc) is 2.91. The monoisotopic (exact) mass is 288 g/mol. The van der Waals surface area contributed by atoms with Gasteiger partial charge in [0.2, 0.25) is 0 Å². The summed E-state index contributed by atoms with van der Waals surface area (Å²) in [5, 5.41) is 4.13. The van der Waals surface area contributed by atoms with Gasteiger partial charge in [-0.1, -0.05) is 12.1 Å². The predicted molar refractivity (Wildman–Crippen MR) is 81.7 cm³/mol. The summed E-state index contributed by atoms with van der Waals surface area (Å²) in [5.41, 5.74) is 3.81. The lowest BCUT2D eigenvalue weighted by Gasteiger charge is -2.06. The summed E-state index contributed by atoms with van der Waals surface area (Å²) in [6, 6.07) is 11.1. The molecule has 0 unspecified atom stereocenters. The van der Waals surface area contributed by atoms with Gasteiger partial charge in [0.1, 0.15) is 5.75 Å². The molecule has 0 radical (unpaired) electrons. The Morgan fingerprint density at radius 1 is 1.25 bits per heavy atom. The van der Waals surface area contributed by atoms with Gasteiger partial charge >= 0.3 is 0 Å². The van der Waals surface area contributed by atoms with E-state index in [2.05, 4.69) is 10.5 Å². The fourth-order valence-electron chi connectivity index (χ4n) is 1.71. The molecule has 1 N–H and O–H groups in total. The van der Waals surface area contributed by atoms with Gasteiger partial charge in [-0.2, -0.15) is 5.10 Å². The number of rotatable bonds is 4. The third-order valence-electron chi connectivity index (χ3n) is 2.77. The van der Waals surface area contributed by atoms with Crippen molar-refractivity contribution < 1.29 is 9.53 Å². The molecule has 1 amide bonds. The zero-order chi connectivity index (χ0) is 14.5. The van der Waals surface area contributed by atoms with Crippen LogP contribution in [0.25, 0.3) is 0 Å². The second-order valence-electron chi connectivity index (χ2n) is 4.25. The second-order valence-corrected chi connectivity index (χ2v) is 5.54. The van der Waals surface area contributed by atoms with Crippen molar-refractivity contribution in [2.45, 2.75) is 13.8 Å². The Bertz CT molecular complexity index is 647. The van der Waals surface area contributed by atoms with E-state index in [0.717, 1.165) is 10.6 Å². The van der Waals surface area contributed by atoms with Gasteiger partial charge in [-0.05, 0) is 38.1 Å². The van der Waals surface area contributed by atoms with Gasteiger partial charge in [-0.3, -0.25) is 4.79 Å². The van der Waals surface area contributed by atoms with Crippen LogP contribution in [-0.2, 0) is 0 Å². The molecule has 1 aromatic heterocycles. The number of methoxy groups -OCH3 is 1. The van der Waals surface area contributed by atoms with Crippen molar-refractivity contribution in [2.24, 2.45) is 5.10 Å². The van der Waals surface area contributed by atoms with E-state index in [1.165, 1.54) is 12.0 Å². The molecular weight excluding hydrogens is 272 g/mol. The van der Waals surface area contributed by atoms with Gasteiger partial charge < -0.3 is 4.74 Å². The van der Waals surface area contributed by atoms with Crippen molar-refractivity contribution in [1.82, 2.24) is 5.43 Å². The van der Waals surface area contributed by atoms with Gasteiger partial charge in [-0.25, -0.2) is 5.43 Å². The van der Waals surface area contributed by atoms with Crippen LogP contribution in [0.4, 0.5) is 0 Å². The number of aryl methyl sites for hydroxylation is 1. The molecule has 0 bridgehead atoms. The largest absolute Gasteiger partial charge is 0.496 e. The Morgan fingerprint density at radius 2 is 2.00 bits per heavy atom. The van der Waals surface area contributed by atoms with E-state index in [1.807, 2.05) is 32.0 Å². The number of nitrogens with zero attached hydrogens (tertiary/aromatic N) is 1. The highest BCUT2D eigenvalue weighted by atomic mass is 32.1. The summed E-state index contributed by atoms with van der Waals surface area (Å²) in [6.45, 7) is 3.91. The number of benzene rings is 1. The number of carbonyl (C=O) groups excluding carboxylic acids is 1. The minimum atomic E-state index is -0.282. The van der Waals surface area contributed by atoms with E-state index in [0.29, 0.717) is 11.3 Å². The summed E-state index contributed by atoms with van der Waals surface area (Å²) in [4.78, 5) is 14.3. The van der Waals surface area contributed by atoms with E-state index in [4.69, 9.17) is 4.74 Å². The summed E-state index contributed by atoms with van der Waals surface area (Å²) >= 11 is 1.64. The number of hydrogen-bond acceptors (Lipinski definition) is 4. The Labute approximate surface area is 122 Å². The van der Waals surface area contributed by atoms with Crippen molar-refractivity contribution in [3.8, 4) is 5.75 Å². The topological polar surface area (TPSA) is 50.7 Å². The number of nitrogens with one attached hydrogen (secondary N) is 1. The fourth-order valence-corrected chi connectivity index (χ4v) is 2.52. The van der Waals surface area contributed by atoms with Crippen molar-refractivity contribution in [2.75, 3.05) is 7.11 Å².